The number of carbonyl (C=O) groups excluding carboxylic acids is 1. The number of rotatable bonds is 5. The van der Waals surface area contributed by atoms with Crippen LogP contribution in [0.4, 0.5) is 4.39 Å². The summed E-state index contributed by atoms with van der Waals surface area (Å²) >= 11 is 1.39. The van der Waals surface area contributed by atoms with E-state index in [0.29, 0.717) is 33.1 Å². The Kier molecular flexibility index (Phi) is 4.82. The number of halogens is 1. The van der Waals surface area contributed by atoms with Crippen molar-refractivity contribution in [3.05, 3.63) is 66.2 Å². The molecule has 9 heteroatoms. The fourth-order valence-electron chi connectivity index (χ4n) is 2.82. The third-order valence-corrected chi connectivity index (χ3v) is 4.82. The molecule has 0 bridgehead atoms. The number of nitrogens with zero attached hydrogens (tertiary/aromatic N) is 4. The van der Waals surface area contributed by atoms with Crippen LogP contribution in [0.2, 0.25) is 0 Å². The zero-order valence-corrected chi connectivity index (χ0v) is 15.9. The van der Waals surface area contributed by atoms with Gasteiger partial charge in [-0.25, -0.2) is 14.1 Å². The number of amides is 1. The summed E-state index contributed by atoms with van der Waals surface area (Å²) in [7, 11) is 0. The van der Waals surface area contributed by atoms with Crippen molar-refractivity contribution in [1.29, 1.82) is 0 Å². The Labute approximate surface area is 164 Å². The normalized spacial score (nSPS) is 12.2. The van der Waals surface area contributed by atoms with Crippen molar-refractivity contribution in [1.82, 2.24) is 25.1 Å². The number of oxazole rings is 1. The molecule has 4 aromatic rings. The Hall–Kier alpha value is -3.20. The van der Waals surface area contributed by atoms with Crippen LogP contribution in [0.5, 0.6) is 0 Å². The smallest absolute Gasteiger partial charge is 0.255 e. The Morgan fingerprint density at radius 1 is 1.25 bits per heavy atom. The largest absolute Gasteiger partial charge is 0.440 e. The van der Waals surface area contributed by atoms with E-state index < -0.39 is 0 Å². The summed E-state index contributed by atoms with van der Waals surface area (Å²) < 4.78 is 20.1. The van der Waals surface area contributed by atoms with Gasteiger partial charge in [0.25, 0.3) is 11.1 Å². The van der Waals surface area contributed by atoms with Crippen molar-refractivity contribution in [3.8, 4) is 5.69 Å². The molecule has 0 unspecified atom stereocenters. The van der Waals surface area contributed by atoms with Crippen LogP contribution in [0.1, 0.15) is 29.0 Å². The third kappa shape index (κ3) is 3.36. The standard InChI is InChI=1S/C19H16FN5O2S/c1-11(16-10-27-19(24-16)28-2)23-18(26)15-7-21-9-17-14(15)8-22-25(17)13-5-3-12(20)4-6-13/h3-11H,1-2H3,(H,23,26)/t11-/m0/s1. The predicted octanol–water partition coefficient (Wildman–Crippen LogP) is 3.76. The van der Waals surface area contributed by atoms with E-state index in [0.717, 1.165) is 0 Å². The fourth-order valence-corrected chi connectivity index (χ4v) is 3.16. The van der Waals surface area contributed by atoms with Crippen molar-refractivity contribution in [2.24, 2.45) is 0 Å². The topological polar surface area (TPSA) is 85.8 Å². The lowest BCUT2D eigenvalue weighted by molar-refractivity contribution is 0.0940. The van der Waals surface area contributed by atoms with Gasteiger partial charge < -0.3 is 9.73 Å². The number of pyridine rings is 1. The molecule has 0 fully saturated rings. The van der Waals surface area contributed by atoms with Gasteiger partial charge in [0.2, 0.25) is 0 Å². The van der Waals surface area contributed by atoms with Crippen molar-refractivity contribution in [2.45, 2.75) is 18.2 Å². The molecule has 1 aromatic carbocycles. The molecule has 0 aliphatic carbocycles. The van der Waals surface area contributed by atoms with Crippen molar-refractivity contribution >= 4 is 28.6 Å². The summed E-state index contributed by atoms with van der Waals surface area (Å²) in [6.45, 7) is 1.83. The van der Waals surface area contributed by atoms with Crippen LogP contribution >= 0.6 is 11.8 Å². The first-order chi connectivity index (χ1) is 13.6. The molecule has 3 heterocycles. The maximum atomic E-state index is 13.2. The lowest BCUT2D eigenvalue weighted by Crippen LogP contribution is -2.27. The molecular formula is C19H16FN5O2S. The monoisotopic (exact) mass is 397 g/mol. The van der Waals surface area contributed by atoms with Gasteiger partial charge in [-0.05, 0) is 37.4 Å². The Bertz CT molecular complexity index is 1140. The lowest BCUT2D eigenvalue weighted by atomic mass is 10.1. The summed E-state index contributed by atoms with van der Waals surface area (Å²) in [6, 6.07) is 5.61. The molecule has 0 aliphatic rings. The average molecular weight is 397 g/mol. The van der Waals surface area contributed by atoms with E-state index >= 15 is 0 Å². The highest BCUT2D eigenvalue weighted by Gasteiger charge is 2.19. The molecule has 0 spiro atoms. The summed E-state index contributed by atoms with van der Waals surface area (Å²) in [5, 5.41) is 8.42. The van der Waals surface area contributed by atoms with E-state index in [1.165, 1.54) is 36.4 Å². The highest BCUT2D eigenvalue weighted by Crippen LogP contribution is 2.22. The Morgan fingerprint density at radius 3 is 2.75 bits per heavy atom. The molecule has 142 valence electrons. The van der Waals surface area contributed by atoms with Gasteiger partial charge in [-0.15, -0.1) is 0 Å². The minimum atomic E-state index is -0.334. The molecule has 1 N–H and O–H groups in total. The van der Waals surface area contributed by atoms with E-state index in [9.17, 15) is 9.18 Å². The van der Waals surface area contributed by atoms with Crippen LogP contribution < -0.4 is 5.32 Å². The van der Waals surface area contributed by atoms with Gasteiger partial charge in [0.05, 0.1) is 35.2 Å². The third-order valence-electron chi connectivity index (χ3n) is 4.28. The zero-order chi connectivity index (χ0) is 19.7. The van der Waals surface area contributed by atoms with Crippen molar-refractivity contribution in [2.75, 3.05) is 6.26 Å². The maximum absolute atomic E-state index is 13.2. The minimum Gasteiger partial charge on any atom is -0.440 e. The predicted molar refractivity (Wildman–Crippen MR) is 103 cm³/mol. The number of aromatic nitrogens is 4. The minimum absolute atomic E-state index is 0.294. The highest BCUT2D eigenvalue weighted by atomic mass is 32.2. The van der Waals surface area contributed by atoms with Crippen molar-refractivity contribution in [3.63, 3.8) is 0 Å². The second-order valence-electron chi connectivity index (χ2n) is 6.09. The number of thioether (sulfide) groups is 1. The van der Waals surface area contributed by atoms with E-state index in [1.807, 2.05) is 13.2 Å². The maximum Gasteiger partial charge on any atom is 0.255 e. The second kappa shape index (κ2) is 7.43. The molecule has 0 saturated heterocycles. The summed E-state index contributed by atoms with van der Waals surface area (Å²) in [5.41, 5.74) is 2.36. The van der Waals surface area contributed by atoms with Gasteiger partial charge in [0.15, 0.2) is 0 Å². The van der Waals surface area contributed by atoms with E-state index in [-0.39, 0.29) is 17.8 Å². The number of hydrogen-bond donors (Lipinski definition) is 1. The fraction of sp³-hybridized carbons (Fsp3) is 0.158. The number of hydrogen-bond acceptors (Lipinski definition) is 6. The molecule has 28 heavy (non-hydrogen) atoms. The SMILES string of the molecule is CSc1nc([C@H](C)NC(=O)c2cncc3c2cnn3-c2ccc(F)cc2)co1. The van der Waals surface area contributed by atoms with Crippen LogP contribution in [0.25, 0.3) is 16.6 Å². The molecule has 7 nitrogen and oxygen atoms in total. The molecule has 4 rings (SSSR count). The first-order valence-electron chi connectivity index (χ1n) is 8.45. The average Bonchev–Trinajstić information content (AvgIpc) is 3.35. The van der Waals surface area contributed by atoms with E-state index in [4.69, 9.17) is 4.42 Å². The van der Waals surface area contributed by atoms with Gasteiger partial charge >= 0.3 is 0 Å². The molecule has 0 radical (unpaired) electrons. The quantitative estimate of drug-likeness (QED) is 0.516. The molecule has 1 atom stereocenters. The summed E-state index contributed by atoms with van der Waals surface area (Å²) in [6.07, 6.45) is 8.11. The zero-order valence-electron chi connectivity index (χ0n) is 15.1. The summed E-state index contributed by atoms with van der Waals surface area (Å²) in [4.78, 5) is 21.3. The second-order valence-corrected chi connectivity index (χ2v) is 6.85. The molecule has 0 aliphatic heterocycles. The van der Waals surface area contributed by atoms with Crippen LogP contribution in [-0.4, -0.2) is 31.9 Å². The number of nitrogens with one attached hydrogen (secondary N) is 1. The van der Waals surface area contributed by atoms with Gasteiger partial charge in [-0.3, -0.25) is 9.78 Å². The van der Waals surface area contributed by atoms with E-state index in [1.54, 1.807) is 29.2 Å². The number of benzene rings is 1. The lowest BCUT2D eigenvalue weighted by Gasteiger charge is -2.11. The van der Waals surface area contributed by atoms with Crippen LogP contribution in [-0.2, 0) is 0 Å². The molecule has 1 amide bonds. The van der Waals surface area contributed by atoms with Crippen LogP contribution in [0.3, 0.4) is 0 Å². The molecular weight excluding hydrogens is 381 g/mol. The summed E-state index contributed by atoms with van der Waals surface area (Å²) in [5.74, 6) is -0.622. The highest BCUT2D eigenvalue weighted by molar-refractivity contribution is 7.98. The van der Waals surface area contributed by atoms with Gasteiger partial charge in [-0.2, -0.15) is 5.10 Å². The van der Waals surface area contributed by atoms with Crippen LogP contribution in [0.15, 0.2) is 58.8 Å². The van der Waals surface area contributed by atoms with Gasteiger partial charge in [0.1, 0.15) is 17.8 Å². The Morgan fingerprint density at radius 2 is 2.04 bits per heavy atom. The van der Waals surface area contributed by atoms with E-state index in [2.05, 4.69) is 20.4 Å². The van der Waals surface area contributed by atoms with Crippen molar-refractivity contribution < 1.29 is 13.6 Å². The first kappa shape index (κ1) is 18.2. The molecule has 3 aromatic heterocycles. The molecule has 0 saturated carbocycles. The van der Waals surface area contributed by atoms with Gasteiger partial charge in [0, 0.05) is 11.6 Å². The first-order valence-corrected chi connectivity index (χ1v) is 9.67. The van der Waals surface area contributed by atoms with Crippen LogP contribution in [0, 0.1) is 5.82 Å². The number of fused-ring (bicyclic) bond motifs is 1. The Balaban J connectivity index is 1.63. The van der Waals surface area contributed by atoms with Gasteiger partial charge in [-0.1, -0.05) is 11.8 Å². The number of carbonyl (C=O) groups is 1.